The zero-order chi connectivity index (χ0) is 12.5. The van der Waals surface area contributed by atoms with Crippen molar-refractivity contribution < 1.29 is 9.90 Å². The third-order valence-corrected chi connectivity index (χ3v) is 2.45. The predicted octanol–water partition coefficient (Wildman–Crippen LogP) is 1.15. The molecule has 5 heteroatoms. The van der Waals surface area contributed by atoms with E-state index in [0.29, 0.717) is 11.4 Å². The van der Waals surface area contributed by atoms with Gasteiger partial charge in [0.2, 0.25) is 0 Å². The molecule has 4 N–H and O–H groups in total. The van der Waals surface area contributed by atoms with Gasteiger partial charge in [-0.15, -0.1) is 0 Å². The van der Waals surface area contributed by atoms with Gasteiger partial charge in [0.15, 0.2) is 0 Å². The zero-order valence-corrected chi connectivity index (χ0v) is 9.85. The van der Waals surface area contributed by atoms with E-state index in [-0.39, 0.29) is 6.61 Å². The van der Waals surface area contributed by atoms with E-state index in [1.807, 2.05) is 0 Å². The molecule has 1 rings (SSSR count). The van der Waals surface area contributed by atoms with Crippen LogP contribution in [0.15, 0.2) is 18.3 Å². The Morgan fingerprint density at radius 1 is 1.35 bits per heavy atom. The van der Waals surface area contributed by atoms with Crippen LogP contribution in [-0.2, 0) is 0 Å². The number of carbonyl (C=O) groups is 1. The van der Waals surface area contributed by atoms with Gasteiger partial charge in [0.25, 0.3) is 5.91 Å². The van der Waals surface area contributed by atoms with Crippen molar-refractivity contribution in [3.8, 4) is 0 Å². The minimum Gasteiger partial charge on any atom is -0.396 e. The first-order valence-corrected chi connectivity index (χ1v) is 5.85. The lowest BCUT2D eigenvalue weighted by atomic mass is 10.2. The Labute approximate surface area is 101 Å². The van der Waals surface area contributed by atoms with E-state index in [9.17, 15) is 4.79 Å². The number of rotatable bonds is 8. The van der Waals surface area contributed by atoms with Crippen molar-refractivity contribution in [2.24, 2.45) is 5.73 Å². The van der Waals surface area contributed by atoms with Crippen LogP contribution in [-0.4, -0.2) is 29.1 Å². The average Bonchev–Trinajstić information content (AvgIpc) is 2.34. The van der Waals surface area contributed by atoms with Crippen molar-refractivity contribution in [3.63, 3.8) is 0 Å². The van der Waals surface area contributed by atoms with Crippen molar-refractivity contribution >= 4 is 11.7 Å². The lowest BCUT2D eigenvalue weighted by molar-refractivity contribution is 0.100. The number of pyridine rings is 1. The van der Waals surface area contributed by atoms with E-state index in [0.717, 1.165) is 32.2 Å². The summed E-state index contributed by atoms with van der Waals surface area (Å²) in [6, 6.07) is 3.34. The first-order chi connectivity index (χ1) is 8.25. The summed E-state index contributed by atoms with van der Waals surface area (Å²) >= 11 is 0. The fourth-order valence-corrected chi connectivity index (χ4v) is 1.54. The van der Waals surface area contributed by atoms with Gasteiger partial charge in [-0.1, -0.05) is 12.8 Å². The maximum Gasteiger partial charge on any atom is 0.252 e. The maximum absolute atomic E-state index is 11.1. The highest BCUT2D eigenvalue weighted by molar-refractivity contribution is 5.97. The predicted molar refractivity (Wildman–Crippen MR) is 66.8 cm³/mol. The molecule has 1 aromatic heterocycles. The Balaban J connectivity index is 2.34. The molecule has 0 aliphatic rings. The van der Waals surface area contributed by atoms with Gasteiger partial charge in [0.1, 0.15) is 5.82 Å². The highest BCUT2D eigenvalue weighted by Gasteiger charge is 2.07. The number of nitrogens with two attached hydrogens (primary N) is 1. The normalized spacial score (nSPS) is 10.2. The molecule has 0 fully saturated rings. The monoisotopic (exact) mass is 237 g/mol. The first-order valence-electron chi connectivity index (χ1n) is 5.85. The number of unbranched alkanes of at least 4 members (excludes halogenated alkanes) is 3. The molecule has 1 aromatic rings. The number of nitrogens with zero attached hydrogens (tertiary/aromatic N) is 1. The number of aromatic nitrogens is 1. The third-order valence-electron chi connectivity index (χ3n) is 2.45. The molecule has 0 bridgehead atoms. The highest BCUT2D eigenvalue weighted by atomic mass is 16.2. The molecule has 17 heavy (non-hydrogen) atoms. The summed E-state index contributed by atoms with van der Waals surface area (Å²) in [5.74, 6) is 0.0723. The van der Waals surface area contributed by atoms with Crippen LogP contribution in [0.25, 0.3) is 0 Å². The largest absolute Gasteiger partial charge is 0.396 e. The number of carbonyl (C=O) groups excluding carboxylic acids is 1. The third kappa shape index (κ3) is 4.82. The summed E-state index contributed by atoms with van der Waals surface area (Å²) < 4.78 is 0. The number of primary amides is 1. The smallest absolute Gasteiger partial charge is 0.252 e. The van der Waals surface area contributed by atoms with Gasteiger partial charge in [-0.05, 0) is 25.0 Å². The minimum absolute atomic E-state index is 0.249. The van der Waals surface area contributed by atoms with Gasteiger partial charge in [0.05, 0.1) is 5.56 Å². The lowest BCUT2D eigenvalue weighted by Crippen LogP contribution is -2.15. The molecule has 0 unspecified atom stereocenters. The quantitative estimate of drug-likeness (QED) is 0.592. The van der Waals surface area contributed by atoms with Crippen LogP contribution >= 0.6 is 0 Å². The lowest BCUT2D eigenvalue weighted by Gasteiger charge is -2.08. The average molecular weight is 237 g/mol. The molecule has 0 saturated carbocycles. The molecular formula is C12H19N3O2. The molecule has 1 amide bonds. The van der Waals surface area contributed by atoms with Crippen molar-refractivity contribution in [1.82, 2.24) is 4.98 Å². The SMILES string of the molecule is NC(=O)c1cccnc1NCCCCCCO. The van der Waals surface area contributed by atoms with E-state index < -0.39 is 5.91 Å². The molecular weight excluding hydrogens is 218 g/mol. The number of hydrogen-bond donors (Lipinski definition) is 3. The number of anilines is 1. The number of amides is 1. The van der Waals surface area contributed by atoms with Crippen LogP contribution in [0.5, 0.6) is 0 Å². The molecule has 0 radical (unpaired) electrons. The van der Waals surface area contributed by atoms with Crippen molar-refractivity contribution in [2.45, 2.75) is 25.7 Å². The van der Waals surface area contributed by atoms with Crippen LogP contribution in [0.2, 0.25) is 0 Å². The van der Waals surface area contributed by atoms with Gasteiger partial charge in [-0.3, -0.25) is 4.79 Å². The van der Waals surface area contributed by atoms with Crippen LogP contribution in [0.3, 0.4) is 0 Å². The molecule has 1 heterocycles. The Kier molecular flexibility index (Phi) is 6.03. The van der Waals surface area contributed by atoms with Crippen LogP contribution in [0, 0.1) is 0 Å². The number of aliphatic hydroxyl groups excluding tert-OH is 1. The number of nitrogens with one attached hydrogen (secondary N) is 1. The fourth-order valence-electron chi connectivity index (χ4n) is 1.54. The van der Waals surface area contributed by atoms with Crippen LogP contribution in [0.4, 0.5) is 5.82 Å². The molecule has 0 aliphatic carbocycles. The van der Waals surface area contributed by atoms with Gasteiger partial charge in [-0.25, -0.2) is 4.98 Å². The summed E-state index contributed by atoms with van der Waals surface area (Å²) in [5, 5.41) is 11.7. The molecule has 94 valence electrons. The van der Waals surface area contributed by atoms with E-state index in [2.05, 4.69) is 10.3 Å². The number of aliphatic hydroxyl groups is 1. The van der Waals surface area contributed by atoms with Crippen molar-refractivity contribution in [3.05, 3.63) is 23.9 Å². The van der Waals surface area contributed by atoms with Gasteiger partial charge in [0, 0.05) is 19.3 Å². The maximum atomic E-state index is 11.1. The topological polar surface area (TPSA) is 88.2 Å². The summed E-state index contributed by atoms with van der Waals surface area (Å²) in [6.07, 6.45) is 5.51. The van der Waals surface area contributed by atoms with Gasteiger partial charge >= 0.3 is 0 Å². The van der Waals surface area contributed by atoms with E-state index in [1.165, 1.54) is 0 Å². The number of hydrogen-bond acceptors (Lipinski definition) is 4. The molecule has 5 nitrogen and oxygen atoms in total. The fraction of sp³-hybridized carbons (Fsp3) is 0.500. The molecule has 0 aliphatic heterocycles. The summed E-state index contributed by atoms with van der Waals surface area (Å²) in [7, 11) is 0. The van der Waals surface area contributed by atoms with E-state index >= 15 is 0 Å². The summed E-state index contributed by atoms with van der Waals surface area (Å²) in [4.78, 5) is 15.2. The van der Waals surface area contributed by atoms with Crippen LogP contribution in [0.1, 0.15) is 36.0 Å². The Bertz CT molecular complexity index is 355. The highest BCUT2D eigenvalue weighted by Crippen LogP contribution is 2.10. The summed E-state index contributed by atoms with van der Waals surface area (Å²) in [5.41, 5.74) is 5.66. The van der Waals surface area contributed by atoms with E-state index in [4.69, 9.17) is 10.8 Å². The molecule has 0 spiro atoms. The standard InChI is InChI=1S/C12H19N3O2/c13-11(17)10-6-5-8-15-12(10)14-7-3-1-2-4-9-16/h5-6,8,16H,1-4,7,9H2,(H2,13,17)(H,14,15). The zero-order valence-electron chi connectivity index (χ0n) is 9.85. The molecule has 0 aromatic carbocycles. The Hall–Kier alpha value is -1.62. The summed E-state index contributed by atoms with van der Waals surface area (Å²) in [6.45, 7) is 1.00. The second-order valence-corrected chi connectivity index (χ2v) is 3.83. The van der Waals surface area contributed by atoms with Crippen molar-refractivity contribution in [2.75, 3.05) is 18.5 Å². The first kappa shape index (κ1) is 13.4. The van der Waals surface area contributed by atoms with Gasteiger partial charge < -0.3 is 16.2 Å². The second-order valence-electron chi connectivity index (χ2n) is 3.83. The Morgan fingerprint density at radius 3 is 2.82 bits per heavy atom. The van der Waals surface area contributed by atoms with Crippen molar-refractivity contribution in [1.29, 1.82) is 0 Å². The minimum atomic E-state index is -0.471. The molecule has 0 atom stereocenters. The van der Waals surface area contributed by atoms with E-state index in [1.54, 1.807) is 18.3 Å². The second kappa shape index (κ2) is 7.62. The molecule has 0 saturated heterocycles. The van der Waals surface area contributed by atoms with Crippen LogP contribution < -0.4 is 11.1 Å². The Morgan fingerprint density at radius 2 is 2.12 bits per heavy atom. The van der Waals surface area contributed by atoms with Gasteiger partial charge in [-0.2, -0.15) is 0 Å².